The largest absolute Gasteiger partial charge is 0.365 e. The number of carbonyl (C=O) groups is 1. The van der Waals surface area contributed by atoms with Gasteiger partial charge in [0, 0.05) is 27.7 Å². The molecule has 0 spiro atoms. The fourth-order valence-electron chi connectivity index (χ4n) is 2.46. The zero-order valence-corrected chi connectivity index (χ0v) is 12.6. The molecule has 0 saturated carbocycles. The van der Waals surface area contributed by atoms with Gasteiger partial charge in [0.15, 0.2) is 11.7 Å². The number of carbonyl (C=O) groups excluding carboxylic acids is 1. The number of aromatic nitrogens is 2. The van der Waals surface area contributed by atoms with Crippen molar-refractivity contribution in [3.8, 4) is 6.07 Å². The van der Waals surface area contributed by atoms with Crippen LogP contribution in [0.1, 0.15) is 5.56 Å². The Morgan fingerprint density at radius 2 is 2.05 bits per heavy atom. The molecule has 0 bridgehead atoms. The van der Waals surface area contributed by atoms with Crippen LogP contribution in [0.2, 0.25) is 0 Å². The molecule has 1 aromatic heterocycles. The average Bonchev–Trinajstić information content (AvgIpc) is 2.55. The molecule has 118 valence electrons. The summed E-state index contributed by atoms with van der Waals surface area (Å²) in [5.74, 6) is -0.0788. The van der Waals surface area contributed by atoms with Crippen LogP contribution in [0.3, 0.4) is 0 Å². The number of rotatable bonds is 2. The zero-order chi connectivity index (χ0) is 16.4. The monoisotopic (exact) mass is 307 g/mol. The van der Waals surface area contributed by atoms with Crippen LogP contribution >= 0.6 is 0 Å². The van der Waals surface area contributed by atoms with Gasteiger partial charge in [0.2, 0.25) is 0 Å². The van der Waals surface area contributed by atoms with E-state index in [1.165, 1.54) is 25.7 Å². The molecule has 1 amide bonds. The van der Waals surface area contributed by atoms with E-state index < -0.39 is 17.4 Å². The third kappa shape index (κ3) is 2.48. The lowest BCUT2D eigenvalue weighted by Crippen LogP contribution is -2.52. The van der Waals surface area contributed by atoms with E-state index in [0.717, 1.165) is 4.57 Å². The van der Waals surface area contributed by atoms with Crippen molar-refractivity contribution >= 4 is 11.7 Å². The molecule has 1 unspecified atom stereocenters. The Hall–Kier alpha value is -2.60. The van der Waals surface area contributed by atoms with E-state index in [2.05, 4.69) is 5.32 Å². The van der Waals surface area contributed by atoms with Crippen LogP contribution in [0.4, 0.5) is 5.82 Å². The maximum atomic E-state index is 12.1. The maximum absolute atomic E-state index is 12.1. The number of nitrogens with one attached hydrogen (secondary N) is 1. The topological polar surface area (TPSA) is 109 Å². The van der Waals surface area contributed by atoms with Crippen LogP contribution < -0.4 is 21.5 Å². The van der Waals surface area contributed by atoms with Gasteiger partial charge < -0.3 is 15.0 Å². The van der Waals surface area contributed by atoms with Gasteiger partial charge in [-0.15, -0.1) is 0 Å². The van der Waals surface area contributed by atoms with E-state index in [4.69, 9.17) is 4.74 Å². The summed E-state index contributed by atoms with van der Waals surface area (Å²) in [7, 11) is 4.31. The minimum absolute atomic E-state index is 0.123. The number of hydrogen-bond donors (Lipinski definition) is 1. The molecule has 9 nitrogen and oxygen atoms in total. The Labute approximate surface area is 126 Å². The predicted octanol–water partition coefficient (Wildman–Crippen LogP) is -2.09. The van der Waals surface area contributed by atoms with Gasteiger partial charge in [-0.2, -0.15) is 5.26 Å². The minimum atomic E-state index is -0.718. The Bertz CT molecular complexity index is 757. The smallest absolute Gasteiger partial charge is 0.332 e. The lowest BCUT2D eigenvalue weighted by atomic mass is 10.2. The third-order valence-corrected chi connectivity index (χ3v) is 3.65. The fourth-order valence-corrected chi connectivity index (χ4v) is 2.46. The molecular weight excluding hydrogens is 290 g/mol. The molecule has 0 radical (unpaired) electrons. The highest BCUT2D eigenvalue weighted by atomic mass is 16.5. The minimum Gasteiger partial charge on any atom is -0.365 e. The first-order valence-electron chi connectivity index (χ1n) is 6.70. The van der Waals surface area contributed by atoms with Crippen molar-refractivity contribution in [1.29, 1.82) is 5.26 Å². The van der Waals surface area contributed by atoms with Gasteiger partial charge in [-0.25, -0.2) is 4.79 Å². The molecule has 1 aromatic rings. The first kappa shape index (κ1) is 15.8. The zero-order valence-electron chi connectivity index (χ0n) is 12.6. The van der Waals surface area contributed by atoms with Gasteiger partial charge in [0.25, 0.3) is 11.5 Å². The molecule has 0 aromatic carbocycles. The van der Waals surface area contributed by atoms with Crippen LogP contribution in [0.25, 0.3) is 0 Å². The third-order valence-electron chi connectivity index (χ3n) is 3.65. The Balaban J connectivity index is 2.53. The molecule has 9 heteroatoms. The summed E-state index contributed by atoms with van der Waals surface area (Å²) in [5, 5.41) is 11.8. The normalized spacial score (nSPS) is 17.9. The SMILES string of the molecule is CNC(=O)C1CN(c2c(C#N)c(=O)n(C)c(=O)n2C)CCO1. The van der Waals surface area contributed by atoms with Crippen molar-refractivity contribution in [3.05, 3.63) is 26.4 Å². The van der Waals surface area contributed by atoms with Crippen molar-refractivity contribution in [2.24, 2.45) is 14.1 Å². The molecule has 1 saturated heterocycles. The summed E-state index contributed by atoms with van der Waals surface area (Å²) < 4.78 is 7.50. The molecule has 1 aliphatic rings. The fraction of sp³-hybridized carbons (Fsp3) is 0.538. The summed E-state index contributed by atoms with van der Waals surface area (Å²) >= 11 is 0. The first-order valence-corrected chi connectivity index (χ1v) is 6.70. The number of likely N-dealkylation sites (N-methyl/N-ethyl adjacent to an activating group) is 1. The van der Waals surface area contributed by atoms with E-state index in [1.54, 1.807) is 4.90 Å². The molecule has 1 N–H and O–H groups in total. The van der Waals surface area contributed by atoms with Crippen molar-refractivity contribution in [2.75, 3.05) is 31.6 Å². The highest BCUT2D eigenvalue weighted by Crippen LogP contribution is 2.18. The van der Waals surface area contributed by atoms with E-state index in [0.29, 0.717) is 6.54 Å². The molecule has 2 rings (SSSR count). The number of hydrogen-bond acceptors (Lipinski definition) is 6. The van der Waals surface area contributed by atoms with Crippen molar-refractivity contribution in [3.63, 3.8) is 0 Å². The number of amides is 1. The van der Waals surface area contributed by atoms with Crippen LogP contribution in [0.15, 0.2) is 9.59 Å². The molecule has 1 fully saturated rings. The van der Waals surface area contributed by atoms with Gasteiger partial charge in [-0.3, -0.25) is 18.7 Å². The number of ether oxygens (including phenoxy) is 1. The van der Waals surface area contributed by atoms with E-state index >= 15 is 0 Å². The molecule has 1 atom stereocenters. The highest BCUT2D eigenvalue weighted by molar-refractivity contribution is 5.81. The van der Waals surface area contributed by atoms with E-state index in [-0.39, 0.29) is 30.4 Å². The van der Waals surface area contributed by atoms with Crippen molar-refractivity contribution < 1.29 is 9.53 Å². The number of nitrogens with zero attached hydrogens (tertiary/aromatic N) is 4. The summed E-state index contributed by atoms with van der Waals surface area (Å²) in [6.07, 6.45) is -0.718. The number of anilines is 1. The molecular formula is C13H17N5O4. The number of nitriles is 1. The lowest BCUT2D eigenvalue weighted by Gasteiger charge is -2.34. The van der Waals surface area contributed by atoms with Gasteiger partial charge in [0.05, 0.1) is 13.2 Å². The second-order valence-electron chi connectivity index (χ2n) is 4.94. The van der Waals surface area contributed by atoms with Crippen LogP contribution in [-0.2, 0) is 23.6 Å². The van der Waals surface area contributed by atoms with E-state index in [9.17, 15) is 19.6 Å². The second-order valence-corrected chi connectivity index (χ2v) is 4.94. The first-order chi connectivity index (χ1) is 10.4. The van der Waals surface area contributed by atoms with Crippen LogP contribution in [-0.4, -0.2) is 47.9 Å². The lowest BCUT2D eigenvalue weighted by molar-refractivity contribution is -0.132. The average molecular weight is 307 g/mol. The van der Waals surface area contributed by atoms with Crippen LogP contribution in [0.5, 0.6) is 0 Å². The molecule has 1 aliphatic heterocycles. The Kier molecular flexibility index (Phi) is 4.32. The standard InChI is InChI=1S/C13H17N5O4/c1-15-10(19)9-7-18(4-5-22-9)11-8(6-14)12(20)17(3)13(21)16(11)2/h9H,4-5,7H2,1-3H3,(H,15,19). The second kappa shape index (κ2) is 6.03. The Morgan fingerprint density at radius 3 is 2.64 bits per heavy atom. The molecule has 22 heavy (non-hydrogen) atoms. The summed E-state index contributed by atoms with van der Waals surface area (Å²) in [6, 6.07) is 1.85. The van der Waals surface area contributed by atoms with Crippen molar-refractivity contribution in [2.45, 2.75) is 6.10 Å². The van der Waals surface area contributed by atoms with Gasteiger partial charge in [-0.1, -0.05) is 0 Å². The van der Waals surface area contributed by atoms with E-state index in [1.807, 2.05) is 6.07 Å². The van der Waals surface area contributed by atoms with Gasteiger partial charge in [0.1, 0.15) is 11.9 Å². The van der Waals surface area contributed by atoms with Crippen LogP contribution in [0, 0.1) is 11.3 Å². The summed E-state index contributed by atoms with van der Waals surface area (Å²) in [6.45, 7) is 0.795. The molecule has 2 heterocycles. The number of morpholine rings is 1. The molecule has 0 aliphatic carbocycles. The summed E-state index contributed by atoms with van der Waals surface area (Å²) in [4.78, 5) is 37.5. The maximum Gasteiger partial charge on any atom is 0.332 e. The van der Waals surface area contributed by atoms with Crippen molar-refractivity contribution in [1.82, 2.24) is 14.5 Å². The quantitative estimate of drug-likeness (QED) is 0.671. The van der Waals surface area contributed by atoms with Gasteiger partial charge in [-0.05, 0) is 0 Å². The Morgan fingerprint density at radius 1 is 1.36 bits per heavy atom. The predicted molar refractivity (Wildman–Crippen MR) is 77.7 cm³/mol. The highest BCUT2D eigenvalue weighted by Gasteiger charge is 2.30. The van der Waals surface area contributed by atoms with Gasteiger partial charge >= 0.3 is 5.69 Å². The summed E-state index contributed by atoms with van der Waals surface area (Å²) in [5.41, 5.74) is -1.30.